The number of aryl methyl sites for hydroxylation is 1. The number of hydrogen-bond donors (Lipinski definition) is 0. The number of rotatable bonds is 2. The van der Waals surface area contributed by atoms with Gasteiger partial charge in [0.1, 0.15) is 11.8 Å². The van der Waals surface area contributed by atoms with Gasteiger partial charge in [-0.3, -0.25) is 9.36 Å². The van der Waals surface area contributed by atoms with Crippen molar-refractivity contribution >= 4 is 6.09 Å². The Balaban J connectivity index is 2.48. The molecule has 0 aromatic carbocycles. The predicted molar refractivity (Wildman–Crippen MR) is 89.3 cm³/mol. The molecule has 24 heavy (non-hydrogen) atoms. The molecule has 1 aliphatic rings. The molecule has 0 unspecified atom stereocenters. The number of carbonyl (C=O) groups excluding carboxylic acids is 1. The molecule has 2 heterocycles. The highest BCUT2D eigenvalue weighted by atomic mass is 16.6. The van der Waals surface area contributed by atoms with Crippen molar-refractivity contribution in [3.8, 4) is 0 Å². The van der Waals surface area contributed by atoms with E-state index in [1.165, 1.54) is 10.8 Å². The average Bonchev–Trinajstić information content (AvgIpc) is 2.82. The molecule has 1 aliphatic heterocycles. The van der Waals surface area contributed by atoms with Gasteiger partial charge in [0, 0.05) is 11.8 Å². The molecule has 0 amide bonds. The first kappa shape index (κ1) is 18.4. The van der Waals surface area contributed by atoms with Crippen LogP contribution in [-0.2, 0) is 9.47 Å². The lowest BCUT2D eigenvalue weighted by Crippen LogP contribution is -2.47. The fraction of sp³-hybridized carbons (Fsp3) is 0.706. The summed E-state index contributed by atoms with van der Waals surface area (Å²) in [5.74, 6) is 0.300. The highest BCUT2D eigenvalue weighted by Crippen LogP contribution is 2.33. The molecule has 2 rings (SSSR count). The maximum absolute atomic E-state index is 12.7. The van der Waals surface area contributed by atoms with E-state index in [0.29, 0.717) is 16.9 Å². The Morgan fingerprint density at radius 3 is 2.50 bits per heavy atom. The van der Waals surface area contributed by atoms with Crippen molar-refractivity contribution < 1.29 is 14.3 Å². The molecule has 0 spiro atoms. The van der Waals surface area contributed by atoms with Crippen LogP contribution in [0.3, 0.4) is 0 Å². The van der Waals surface area contributed by atoms with E-state index in [-0.39, 0.29) is 11.7 Å². The number of carbonyl (C=O) groups is 1. The van der Waals surface area contributed by atoms with Crippen molar-refractivity contribution in [2.24, 2.45) is 5.92 Å². The van der Waals surface area contributed by atoms with Gasteiger partial charge in [0.15, 0.2) is 0 Å². The van der Waals surface area contributed by atoms with Gasteiger partial charge in [0.05, 0.1) is 6.10 Å². The lowest BCUT2D eigenvalue weighted by atomic mass is 10.0. The number of aromatic nitrogens is 2. The Labute approximate surface area is 141 Å². The van der Waals surface area contributed by atoms with Crippen LogP contribution in [-0.4, -0.2) is 26.9 Å². The lowest BCUT2D eigenvalue weighted by Gasteiger charge is -2.21. The topological polar surface area (TPSA) is 79.5 Å². The first-order valence-corrected chi connectivity index (χ1v) is 8.28. The monoisotopic (exact) mass is 338 g/mol. The van der Waals surface area contributed by atoms with Crippen molar-refractivity contribution in [1.82, 2.24) is 9.13 Å². The summed E-state index contributed by atoms with van der Waals surface area (Å²) in [5, 5.41) is 0. The van der Waals surface area contributed by atoms with E-state index in [1.54, 1.807) is 27.7 Å². The Bertz CT molecular complexity index is 741. The lowest BCUT2D eigenvalue weighted by molar-refractivity contribution is -0.00873. The number of hydrogen-bond acceptors (Lipinski definition) is 5. The number of ether oxygens (including phenoxy) is 2. The minimum atomic E-state index is -0.965. The predicted octanol–water partition coefficient (Wildman–Crippen LogP) is 2.44. The molecule has 7 heteroatoms. The van der Waals surface area contributed by atoms with Crippen molar-refractivity contribution in [3.05, 3.63) is 32.6 Å². The maximum Gasteiger partial charge on any atom is 0.425 e. The van der Waals surface area contributed by atoms with E-state index in [0.717, 1.165) is 6.42 Å². The molecule has 0 radical (unpaired) electrons. The molecule has 7 nitrogen and oxygen atoms in total. The Morgan fingerprint density at radius 2 is 2.00 bits per heavy atom. The SMILES string of the molecule is CC[C@H]1O[C@@H](n2cc(C)c(=O)n(C(=O)OC(C)(C)C)c2=O)C[C@H]1C. The largest absolute Gasteiger partial charge is 0.443 e. The average molecular weight is 338 g/mol. The van der Waals surface area contributed by atoms with Gasteiger partial charge in [-0.2, -0.15) is 4.57 Å². The summed E-state index contributed by atoms with van der Waals surface area (Å²) < 4.78 is 13.0. The van der Waals surface area contributed by atoms with Crippen LogP contribution in [0.15, 0.2) is 15.8 Å². The third-order valence-electron chi connectivity index (χ3n) is 4.11. The second kappa shape index (κ2) is 6.55. The van der Waals surface area contributed by atoms with Crippen LogP contribution in [0.5, 0.6) is 0 Å². The van der Waals surface area contributed by atoms with E-state index in [4.69, 9.17) is 9.47 Å². The minimum absolute atomic E-state index is 0.0594. The first-order chi connectivity index (χ1) is 11.0. The molecular formula is C17H26N2O5. The van der Waals surface area contributed by atoms with Gasteiger partial charge < -0.3 is 9.47 Å². The maximum atomic E-state index is 12.7. The van der Waals surface area contributed by atoms with Crippen molar-refractivity contribution in [1.29, 1.82) is 0 Å². The second-order valence-electron chi connectivity index (χ2n) is 7.37. The van der Waals surface area contributed by atoms with Crippen LogP contribution >= 0.6 is 0 Å². The third kappa shape index (κ3) is 3.61. The van der Waals surface area contributed by atoms with Crippen LogP contribution in [0.1, 0.15) is 59.3 Å². The van der Waals surface area contributed by atoms with Crippen molar-refractivity contribution in [2.75, 3.05) is 0 Å². The molecule has 1 fully saturated rings. The van der Waals surface area contributed by atoms with E-state index in [2.05, 4.69) is 6.92 Å². The Hall–Kier alpha value is -1.89. The summed E-state index contributed by atoms with van der Waals surface area (Å²) in [4.78, 5) is 37.3. The van der Waals surface area contributed by atoms with E-state index >= 15 is 0 Å². The van der Waals surface area contributed by atoms with E-state index in [9.17, 15) is 14.4 Å². The molecule has 0 bridgehead atoms. The summed E-state index contributed by atoms with van der Waals surface area (Å²) in [6.07, 6.45) is 1.57. The standard InChI is InChI=1S/C17H26N2O5/c1-7-12-10(2)8-13(23-12)18-9-11(3)14(20)19(15(18)21)16(22)24-17(4,5)6/h9-10,12-13H,7-8H2,1-6H3/t10-,12-,13-/m1/s1. The fourth-order valence-electron chi connectivity index (χ4n) is 2.91. The normalized spacial score (nSPS) is 24.2. The Kier molecular flexibility index (Phi) is 5.03. The van der Waals surface area contributed by atoms with Crippen LogP contribution < -0.4 is 11.2 Å². The van der Waals surface area contributed by atoms with Gasteiger partial charge in [0.2, 0.25) is 0 Å². The van der Waals surface area contributed by atoms with Crippen molar-refractivity contribution in [2.45, 2.75) is 72.3 Å². The van der Waals surface area contributed by atoms with Gasteiger partial charge in [-0.05, 0) is 46.5 Å². The summed E-state index contributed by atoms with van der Waals surface area (Å²) >= 11 is 0. The van der Waals surface area contributed by atoms with Crippen LogP contribution in [0, 0.1) is 12.8 Å². The Morgan fingerprint density at radius 1 is 1.38 bits per heavy atom. The second-order valence-corrected chi connectivity index (χ2v) is 7.37. The van der Waals surface area contributed by atoms with Crippen LogP contribution in [0.4, 0.5) is 4.79 Å². The molecule has 1 aromatic heterocycles. The van der Waals surface area contributed by atoms with E-state index in [1.807, 2.05) is 6.92 Å². The molecule has 0 aliphatic carbocycles. The zero-order chi connectivity index (χ0) is 18.2. The molecule has 134 valence electrons. The number of nitrogens with zero attached hydrogens (tertiary/aromatic N) is 2. The molecule has 0 saturated carbocycles. The first-order valence-electron chi connectivity index (χ1n) is 8.28. The smallest absolute Gasteiger partial charge is 0.425 e. The van der Waals surface area contributed by atoms with Gasteiger partial charge in [-0.15, -0.1) is 0 Å². The summed E-state index contributed by atoms with van der Waals surface area (Å²) in [5.41, 5.74) is -1.91. The fourth-order valence-corrected chi connectivity index (χ4v) is 2.91. The molecule has 0 N–H and O–H groups in total. The zero-order valence-corrected chi connectivity index (χ0v) is 15.2. The molecule has 1 aromatic rings. The van der Waals surface area contributed by atoms with Crippen molar-refractivity contribution in [3.63, 3.8) is 0 Å². The quantitative estimate of drug-likeness (QED) is 0.827. The summed E-state index contributed by atoms with van der Waals surface area (Å²) in [6.45, 7) is 10.7. The molecular weight excluding hydrogens is 312 g/mol. The van der Waals surface area contributed by atoms with Gasteiger partial charge in [-0.1, -0.05) is 13.8 Å². The summed E-state index contributed by atoms with van der Waals surface area (Å²) in [6, 6.07) is 0. The highest BCUT2D eigenvalue weighted by Gasteiger charge is 2.34. The van der Waals surface area contributed by atoms with Gasteiger partial charge in [-0.25, -0.2) is 9.59 Å². The summed E-state index contributed by atoms with van der Waals surface area (Å²) in [7, 11) is 0. The van der Waals surface area contributed by atoms with E-state index < -0.39 is 29.2 Å². The zero-order valence-electron chi connectivity index (χ0n) is 15.2. The molecule has 1 saturated heterocycles. The van der Waals surface area contributed by atoms with Gasteiger partial charge in [0.25, 0.3) is 5.56 Å². The third-order valence-corrected chi connectivity index (χ3v) is 4.11. The minimum Gasteiger partial charge on any atom is -0.443 e. The molecule has 3 atom stereocenters. The van der Waals surface area contributed by atoms with Crippen LogP contribution in [0.25, 0.3) is 0 Å². The highest BCUT2D eigenvalue weighted by molar-refractivity contribution is 5.70. The van der Waals surface area contributed by atoms with Gasteiger partial charge >= 0.3 is 11.8 Å². The van der Waals surface area contributed by atoms with Crippen LogP contribution in [0.2, 0.25) is 0 Å².